The minimum absolute atomic E-state index is 0.0395. The first kappa shape index (κ1) is 29.8. The molecule has 0 aliphatic carbocycles. The molecular formula is C28H40N8O5S. The van der Waals surface area contributed by atoms with E-state index in [0.29, 0.717) is 57.2 Å². The lowest BCUT2D eigenvalue weighted by Crippen LogP contribution is -2.46. The van der Waals surface area contributed by atoms with Crippen LogP contribution in [0.15, 0.2) is 30.5 Å². The number of H-pyrrole nitrogens is 1. The number of hydrogen-bond acceptors (Lipinski definition) is 7. The van der Waals surface area contributed by atoms with Crippen molar-refractivity contribution in [1.82, 2.24) is 24.1 Å². The highest BCUT2D eigenvalue weighted by atomic mass is 32.2. The number of rotatable bonds is 6. The largest absolute Gasteiger partial charge is 0.453 e. The summed E-state index contributed by atoms with van der Waals surface area (Å²) in [5, 5.41) is 10.4. The lowest BCUT2D eigenvalue weighted by molar-refractivity contribution is -0.138. The van der Waals surface area contributed by atoms with E-state index in [1.54, 1.807) is 27.5 Å². The maximum Gasteiger partial charge on any atom is 0.411 e. The number of likely N-dealkylation sites (tertiary alicyclic amines) is 2. The molecule has 4 heterocycles. The van der Waals surface area contributed by atoms with Crippen LogP contribution < -0.4 is 11.1 Å². The van der Waals surface area contributed by atoms with E-state index in [4.69, 9.17) is 16.1 Å². The van der Waals surface area contributed by atoms with Gasteiger partial charge < -0.3 is 25.3 Å². The van der Waals surface area contributed by atoms with Crippen molar-refractivity contribution in [3.05, 3.63) is 36.3 Å². The molecule has 1 aromatic carbocycles. The van der Waals surface area contributed by atoms with Crippen LogP contribution in [0.3, 0.4) is 0 Å². The van der Waals surface area contributed by atoms with Crippen LogP contribution in [0.25, 0.3) is 11.3 Å². The van der Waals surface area contributed by atoms with Crippen LogP contribution in [-0.2, 0) is 19.6 Å². The zero-order valence-electron chi connectivity index (χ0n) is 24.1. The van der Waals surface area contributed by atoms with Crippen LogP contribution in [0.5, 0.6) is 0 Å². The smallest absolute Gasteiger partial charge is 0.411 e. The van der Waals surface area contributed by atoms with Crippen molar-refractivity contribution in [2.45, 2.75) is 38.1 Å². The number of nitrogens with one attached hydrogen (secondary N) is 3. The summed E-state index contributed by atoms with van der Waals surface area (Å²) in [5.74, 6) is 1.31. The van der Waals surface area contributed by atoms with E-state index in [2.05, 4.69) is 15.0 Å². The average molecular weight is 601 g/mol. The number of nitrogens with zero attached hydrogens (tertiary/aromatic N) is 4. The van der Waals surface area contributed by atoms with Crippen LogP contribution in [-0.4, -0.2) is 96.5 Å². The Kier molecular flexibility index (Phi) is 8.73. The van der Waals surface area contributed by atoms with E-state index in [0.717, 1.165) is 36.3 Å². The third-order valence-corrected chi connectivity index (χ3v) is 10.3. The summed E-state index contributed by atoms with van der Waals surface area (Å²) >= 11 is 0. The van der Waals surface area contributed by atoms with Crippen LogP contribution >= 0.6 is 0 Å². The second-order valence-corrected chi connectivity index (χ2v) is 13.5. The molecule has 0 radical (unpaired) electrons. The molecule has 5 rings (SSSR count). The third-order valence-electron chi connectivity index (χ3n) is 8.97. The predicted molar refractivity (Wildman–Crippen MR) is 158 cm³/mol. The van der Waals surface area contributed by atoms with Crippen molar-refractivity contribution in [2.75, 3.05) is 51.4 Å². The molecule has 14 heteroatoms. The lowest BCUT2D eigenvalue weighted by Gasteiger charge is -2.35. The van der Waals surface area contributed by atoms with Gasteiger partial charge in [-0.2, -0.15) is 0 Å². The Morgan fingerprint density at radius 1 is 1.07 bits per heavy atom. The van der Waals surface area contributed by atoms with Gasteiger partial charge in [0.25, 0.3) is 0 Å². The number of methoxy groups -OCH3 is 1. The molecule has 42 heavy (non-hydrogen) atoms. The van der Waals surface area contributed by atoms with E-state index in [1.807, 2.05) is 17.0 Å². The SMILES string of the molecule is COC(=O)Nc1ccc(-c2cnc(C3CC(C4CCN(S(C)(=O)=O)CC4)CN3C(=O)C3CCN(C(=N)N)CC3)[nH]2)cc1. The van der Waals surface area contributed by atoms with Gasteiger partial charge in [-0.1, -0.05) is 12.1 Å². The summed E-state index contributed by atoms with van der Waals surface area (Å²) in [5.41, 5.74) is 7.98. The Bertz CT molecular complexity index is 1400. The Morgan fingerprint density at radius 3 is 2.33 bits per heavy atom. The monoisotopic (exact) mass is 600 g/mol. The van der Waals surface area contributed by atoms with E-state index in [-0.39, 0.29) is 29.7 Å². The number of sulfonamides is 1. The van der Waals surface area contributed by atoms with Crippen LogP contribution in [0.2, 0.25) is 0 Å². The highest BCUT2D eigenvalue weighted by molar-refractivity contribution is 7.88. The normalized spacial score (nSPS) is 22.7. The van der Waals surface area contributed by atoms with Gasteiger partial charge in [-0.05, 0) is 61.6 Å². The number of carbonyl (C=O) groups excluding carboxylic acids is 2. The number of ether oxygens (including phenoxy) is 1. The molecule has 3 aliphatic rings. The molecule has 3 fully saturated rings. The molecule has 0 spiro atoms. The number of hydrogen-bond donors (Lipinski definition) is 4. The second-order valence-electron chi connectivity index (χ2n) is 11.5. The molecule has 2 unspecified atom stereocenters. The van der Waals surface area contributed by atoms with Crippen molar-refractivity contribution in [2.24, 2.45) is 23.5 Å². The summed E-state index contributed by atoms with van der Waals surface area (Å²) in [4.78, 5) is 37.4. The average Bonchev–Trinajstić information content (AvgIpc) is 3.65. The van der Waals surface area contributed by atoms with E-state index in [9.17, 15) is 18.0 Å². The fraction of sp³-hybridized carbons (Fsp3) is 0.571. The Hall–Kier alpha value is -3.65. The third kappa shape index (κ3) is 6.54. The van der Waals surface area contributed by atoms with Gasteiger partial charge in [0.1, 0.15) is 5.82 Å². The molecule has 3 aliphatic heterocycles. The molecule has 13 nitrogen and oxygen atoms in total. The first-order chi connectivity index (χ1) is 20.0. The molecule has 1 aromatic heterocycles. The van der Waals surface area contributed by atoms with Gasteiger partial charge >= 0.3 is 6.09 Å². The predicted octanol–water partition coefficient (Wildman–Crippen LogP) is 2.42. The van der Waals surface area contributed by atoms with Crippen molar-refractivity contribution in [3.63, 3.8) is 0 Å². The highest BCUT2D eigenvalue weighted by Gasteiger charge is 2.44. The summed E-state index contributed by atoms with van der Waals surface area (Å²) in [6.07, 6.45) is 6.09. The molecule has 2 aromatic rings. The number of piperidine rings is 2. The van der Waals surface area contributed by atoms with Gasteiger partial charge in [0.15, 0.2) is 5.96 Å². The number of aromatic amines is 1. The molecule has 3 saturated heterocycles. The molecule has 228 valence electrons. The fourth-order valence-electron chi connectivity index (χ4n) is 6.55. The maximum atomic E-state index is 13.9. The summed E-state index contributed by atoms with van der Waals surface area (Å²) in [6.45, 7) is 2.80. The van der Waals surface area contributed by atoms with Crippen molar-refractivity contribution >= 4 is 33.7 Å². The number of aromatic nitrogens is 2. The van der Waals surface area contributed by atoms with E-state index < -0.39 is 16.1 Å². The number of anilines is 1. The summed E-state index contributed by atoms with van der Waals surface area (Å²) < 4.78 is 30.3. The summed E-state index contributed by atoms with van der Waals surface area (Å²) in [6, 6.07) is 7.10. The first-order valence-electron chi connectivity index (χ1n) is 14.4. The minimum atomic E-state index is -3.21. The minimum Gasteiger partial charge on any atom is -0.453 e. The van der Waals surface area contributed by atoms with Gasteiger partial charge in [0.2, 0.25) is 15.9 Å². The quantitative estimate of drug-likeness (QED) is 0.288. The zero-order chi connectivity index (χ0) is 30.0. The fourth-order valence-corrected chi connectivity index (χ4v) is 7.42. The van der Waals surface area contributed by atoms with Crippen LogP contribution in [0.4, 0.5) is 10.5 Å². The van der Waals surface area contributed by atoms with Gasteiger partial charge in [0, 0.05) is 44.3 Å². The number of carbonyl (C=O) groups is 2. The number of benzene rings is 1. The summed E-state index contributed by atoms with van der Waals surface area (Å²) in [7, 11) is -1.90. The van der Waals surface area contributed by atoms with E-state index in [1.165, 1.54) is 13.4 Å². The lowest BCUT2D eigenvalue weighted by atomic mass is 9.83. The Balaban J connectivity index is 1.33. The maximum absolute atomic E-state index is 13.9. The van der Waals surface area contributed by atoms with Crippen molar-refractivity contribution in [3.8, 4) is 11.3 Å². The van der Waals surface area contributed by atoms with Crippen LogP contribution in [0.1, 0.15) is 44.0 Å². The van der Waals surface area contributed by atoms with Gasteiger partial charge in [-0.25, -0.2) is 22.5 Å². The standard InChI is InChI=1S/C28H40N8O5S/c1-41-28(38)32-22-5-3-19(4-6-22)23-16-31-25(33-23)24-15-21(18-9-13-35(14-10-18)42(2,39)40)17-36(24)26(37)20-7-11-34(12-8-20)27(29)30/h3-6,16,18,20-21,24H,7-15,17H2,1-2H3,(H3,29,30)(H,31,33)(H,32,38). The van der Waals surface area contributed by atoms with Crippen molar-refractivity contribution in [1.29, 1.82) is 5.41 Å². The number of nitrogens with two attached hydrogens (primary N) is 1. The Labute approximate surface area is 246 Å². The Morgan fingerprint density at radius 2 is 1.74 bits per heavy atom. The van der Waals surface area contributed by atoms with Gasteiger partial charge in [0.05, 0.1) is 31.3 Å². The molecule has 5 N–H and O–H groups in total. The number of guanidine groups is 1. The second kappa shape index (κ2) is 12.3. The van der Waals surface area contributed by atoms with Crippen molar-refractivity contribution < 1.29 is 22.7 Å². The number of imidazole rings is 1. The molecule has 0 bridgehead atoms. The molecule has 2 atom stereocenters. The zero-order valence-corrected chi connectivity index (χ0v) is 24.9. The van der Waals surface area contributed by atoms with Gasteiger partial charge in [-0.15, -0.1) is 0 Å². The van der Waals surface area contributed by atoms with E-state index >= 15 is 0 Å². The number of amides is 2. The van der Waals surface area contributed by atoms with Gasteiger partial charge in [-0.3, -0.25) is 15.5 Å². The first-order valence-corrected chi connectivity index (χ1v) is 16.2. The molecule has 2 amide bonds. The highest BCUT2D eigenvalue weighted by Crippen LogP contribution is 2.42. The van der Waals surface area contributed by atoms with Crippen LogP contribution in [0, 0.1) is 23.2 Å². The topological polar surface area (TPSA) is 178 Å². The molecular weight excluding hydrogens is 560 g/mol. The molecule has 0 saturated carbocycles.